The minimum Gasteiger partial charge on any atom is -0.380 e. The predicted molar refractivity (Wildman–Crippen MR) is 116 cm³/mol. The highest BCUT2D eigenvalue weighted by Crippen LogP contribution is 2.34. The molecule has 30 heavy (non-hydrogen) atoms. The standard InChI is InChI=1S/C20H28N8O2/c1-3-30-9-8-23-18-17(13(21)12-29-2)26-20(28-11-14-15(28)10-24-14)27-19(18)25-16-6-4-5-7-22-16/h4-7,14-15,21,23-24H,3,8-12H2,1-2H3,(H,22,25,26,27)/t14?,15-/m1/s1. The Bertz CT molecular complexity index is 879. The predicted octanol–water partition coefficient (Wildman–Crippen LogP) is 1.24. The molecule has 2 aromatic rings. The summed E-state index contributed by atoms with van der Waals surface area (Å²) in [5.74, 6) is 1.87. The van der Waals surface area contributed by atoms with Crippen molar-refractivity contribution < 1.29 is 9.47 Å². The highest BCUT2D eigenvalue weighted by molar-refractivity contribution is 6.04. The molecule has 0 aliphatic carbocycles. The van der Waals surface area contributed by atoms with Gasteiger partial charge in [-0.2, -0.15) is 4.98 Å². The minimum absolute atomic E-state index is 0.160. The number of anilines is 4. The van der Waals surface area contributed by atoms with Crippen molar-refractivity contribution in [1.29, 1.82) is 5.41 Å². The molecule has 4 rings (SSSR count). The number of methoxy groups -OCH3 is 1. The highest BCUT2D eigenvalue weighted by Gasteiger charge is 2.47. The second-order valence-corrected chi connectivity index (χ2v) is 7.21. The van der Waals surface area contributed by atoms with Crippen LogP contribution in [-0.2, 0) is 9.47 Å². The Morgan fingerprint density at radius 3 is 2.90 bits per heavy atom. The summed E-state index contributed by atoms with van der Waals surface area (Å²) in [5.41, 5.74) is 1.45. The van der Waals surface area contributed by atoms with Crippen molar-refractivity contribution in [2.24, 2.45) is 0 Å². The van der Waals surface area contributed by atoms with Gasteiger partial charge < -0.3 is 35.7 Å². The highest BCUT2D eigenvalue weighted by atomic mass is 16.5. The molecule has 2 fully saturated rings. The Morgan fingerprint density at radius 1 is 1.37 bits per heavy atom. The van der Waals surface area contributed by atoms with Crippen molar-refractivity contribution in [1.82, 2.24) is 20.3 Å². The van der Waals surface area contributed by atoms with Gasteiger partial charge in [-0.1, -0.05) is 6.07 Å². The van der Waals surface area contributed by atoms with Gasteiger partial charge in [0.2, 0.25) is 5.95 Å². The van der Waals surface area contributed by atoms with Crippen molar-refractivity contribution in [2.45, 2.75) is 19.0 Å². The van der Waals surface area contributed by atoms with E-state index in [4.69, 9.17) is 24.9 Å². The molecule has 0 aromatic carbocycles. The smallest absolute Gasteiger partial charge is 0.228 e. The molecule has 4 N–H and O–H groups in total. The van der Waals surface area contributed by atoms with Gasteiger partial charge in [-0.05, 0) is 19.1 Å². The van der Waals surface area contributed by atoms with Crippen LogP contribution < -0.4 is 20.9 Å². The van der Waals surface area contributed by atoms with E-state index >= 15 is 0 Å². The average molecular weight is 412 g/mol. The number of aromatic nitrogens is 3. The first kappa shape index (κ1) is 20.5. The lowest BCUT2D eigenvalue weighted by molar-refractivity contribution is 0.158. The summed E-state index contributed by atoms with van der Waals surface area (Å²) in [7, 11) is 1.58. The van der Waals surface area contributed by atoms with Gasteiger partial charge in [-0.3, -0.25) is 0 Å². The summed E-state index contributed by atoms with van der Waals surface area (Å²) in [6.07, 6.45) is 1.72. The normalized spacial score (nSPS) is 19.5. The van der Waals surface area contributed by atoms with Crippen molar-refractivity contribution in [2.75, 3.05) is 62.1 Å². The number of nitrogens with one attached hydrogen (secondary N) is 4. The number of fused-ring (bicyclic) bond motifs is 1. The van der Waals surface area contributed by atoms with Crippen LogP contribution in [0.4, 0.5) is 23.3 Å². The summed E-state index contributed by atoms with van der Waals surface area (Å²) in [6.45, 7) is 5.67. The molecular formula is C20H28N8O2. The summed E-state index contributed by atoms with van der Waals surface area (Å²) < 4.78 is 10.7. The Kier molecular flexibility index (Phi) is 6.36. The van der Waals surface area contributed by atoms with Gasteiger partial charge in [-0.15, -0.1) is 0 Å². The zero-order valence-corrected chi connectivity index (χ0v) is 17.3. The van der Waals surface area contributed by atoms with Gasteiger partial charge in [-0.25, -0.2) is 9.97 Å². The van der Waals surface area contributed by atoms with E-state index in [2.05, 4.69) is 25.8 Å². The number of rotatable bonds is 11. The van der Waals surface area contributed by atoms with E-state index in [0.29, 0.717) is 60.8 Å². The summed E-state index contributed by atoms with van der Waals surface area (Å²) in [5, 5.41) is 18.6. The summed E-state index contributed by atoms with van der Waals surface area (Å²) in [6, 6.07) is 6.57. The van der Waals surface area contributed by atoms with E-state index in [-0.39, 0.29) is 12.3 Å². The van der Waals surface area contributed by atoms with Crippen LogP contribution in [0.15, 0.2) is 24.4 Å². The second-order valence-electron chi connectivity index (χ2n) is 7.21. The van der Waals surface area contributed by atoms with E-state index < -0.39 is 0 Å². The van der Waals surface area contributed by atoms with Crippen LogP contribution in [0.2, 0.25) is 0 Å². The third-order valence-electron chi connectivity index (χ3n) is 5.24. The Labute approximate surface area is 175 Å². The molecule has 160 valence electrons. The average Bonchev–Trinajstić information content (AvgIpc) is 2.74. The second kappa shape index (κ2) is 9.33. The first-order valence-electron chi connectivity index (χ1n) is 10.2. The summed E-state index contributed by atoms with van der Waals surface area (Å²) in [4.78, 5) is 16.1. The van der Waals surface area contributed by atoms with E-state index in [1.807, 2.05) is 25.1 Å². The molecule has 4 heterocycles. The fraction of sp³-hybridized carbons (Fsp3) is 0.500. The maximum Gasteiger partial charge on any atom is 0.228 e. The third-order valence-corrected chi connectivity index (χ3v) is 5.24. The molecule has 0 bridgehead atoms. The molecule has 1 unspecified atom stereocenters. The van der Waals surface area contributed by atoms with Gasteiger partial charge in [0, 0.05) is 45.6 Å². The topological polar surface area (TPSA) is 120 Å². The molecule has 2 saturated heterocycles. The molecule has 2 atom stereocenters. The van der Waals surface area contributed by atoms with Crippen LogP contribution in [0.1, 0.15) is 12.6 Å². The van der Waals surface area contributed by atoms with Gasteiger partial charge in [0.05, 0.1) is 25.0 Å². The van der Waals surface area contributed by atoms with Crippen molar-refractivity contribution in [3.05, 3.63) is 30.1 Å². The third kappa shape index (κ3) is 4.20. The summed E-state index contributed by atoms with van der Waals surface area (Å²) >= 11 is 0. The molecule has 0 radical (unpaired) electrons. The number of nitrogens with zero attached hydrogens (tertiary/aromatic N) is 4. The number of hydrogen-bond acceptors (Lipinski definition) is 10. The molecule has 2 aliphatic heterocycles. The lowest BCUT2D eigenvalue weighted by atomic mass is 9.89. The first-order valence-corrected chi connectivity index (χ1v) is 10.2. The molecule has 0 saturated carbocycles. The fourth-order valence-corrected chi connectivity index (χ4v) is 3.56. The van der Waals surface area contributed by atoms with Gasteiger partial charge in [0.1, 0.15) is 17.2 Å². The molecule has 10 nitrogen and oxygen atoms in total. The zero-order valence-electron chi connectivity index (χ0n) is 17.3. The van der Waals surface area contributed by atoms with Crippen LogP contribution in [0, 0.1) is 5.41 Å². The van der Waals surface area contributed by atoms with Crippen LogP contribution >= 0.6 is 0 Å². The number of piperazine rings is 1. The molecule has 2 aliphatic rings. The SMILES string of the molecule is CCOCCNc1c(Nc2ccccn2)nc(N2CC3NC[C@H]32)nc1C(=N)COC. The zero-order chi connectivity index (χ0) is 20.9. The number of pyridine rings is 1. The Hall–Kier alpha value is -2.82. The quantitative estimate of drug-likeness (QED) is 0.319. The number of ether oxygens (including phenoxy) is 2. The van der Waals surface area contributed by atoms with Crippen molar-refractivity contribution >= 4 is 29.0 Å². The van der Waals surface area contributed by atoms with E-state index in [1.165, 1.54) is 0 Å². The first-order chi connectivity index (χ1) is 14.7. The molecule has 2 aromatic heterocycles. The number of hydrogen-bond donors (Lipinski definition) is 4. The molecular weight excluding hydrogens is 384 g/mol. The van der Waals surface area contributed by atoms with Crippen LogP contribution in [0.25, 0.3) is 0 Å². The Balaban J connectivity index is 1.69. The van der Waals surface area contributed by atoms with E-state index in [1.54, 1.807) is 13.3 Å². The fourth-order valence-electron chi connectivity index (χ4n) is 3.56. The Morgan fingerprint density at radius 2 is 2.27 bits per heavy atom. The van der Waals surface area contributed by atoms with Crippen molar-refractivity contribution in [3.63, 3.8) is 0 Å². The molecule has 0 amide bonds. The molecule has 0 spiro atoms. The van der Waals surface area contributed by atoms with Crippen molar-refractivity contribution in [3.8, 4) is 0 Å². The van der Waals surface area contributed by atoms with Crippen LogP contribution in [-0.4, -0.2) is 79.3 Å². The van der Waals surface area contributed by atoms with Crippen LogP contribution in [0.5, 0.6) is 0 Å². The maximum atomic E-state index is 8.52. The van der Waals surface area contributed by atoms with Crippen LogP contribution in [0.3, 0.4) is 0 Å². The van der Waals surface area contributed by atoms with Gasteiger partial charge in [0.25, 0.3) is 0 Å². The minimum atomic E-state index is 0.160. The monoisotopic (exact) mass is 412 g/mol. The largest absolute Gasteiger partial charge is 0.380 e. The lowest BCUT2D eigenvalue weighted by Crippen LogP contribution is -2.78. The van der Waals surface area contributed by atoms with E-state index in [9.17, 15) is 0 Å². The maximum absolute atomic E-state index is 8.52. The lowest BCUT2D eigenvalue weighted by Gasteiger charge is -2.56. The van der Waals surface area contributed by atoms with Gasteiger partial charge in [0.15, 0.2) is 5.82 Å². The van der Waals surface area contributed by atoms with E-state index in [0.717, 1.165) is 13.1 Å². The molecule has 10 heteroatoms. The van der Waals surface area contributed by atoms with Gasteiger partial charge >= 0.3 is 0 Å².